The Morgan fingerprint density at radius 2 is 2.03 bits per heavy atom. The van der Waals surface area contributed by atoms with Crippen LogP contribution in [0.5, 0.6) is 0 Å². The monoisotopic (exact) mass is 448 g/mol. The molecule has 4 heterocycles. The molecule has 4 aromatic rings. The van der Waals surface area contributed by atoms with Crippen LogP contribution in [0.4, 0.5) is 4.39 Å². The van der Waals surface area contributed by atoms with Crippen molar-refractivity contribution in [3.05, 3.63) is 86.5 Å². The highest BCUT2D eigenvalue weighted by Crippen LogP contribution is 2.24. The topological polar surface area (TPSA) is 110 Å². The summed E-state index contributed by atoms with van der Waals surface area (Å²) in [7, 11) is 0. The first-order valence-corrected chi connectivity index (χ1v) is 10.5. The number of nitrogens with one attached hydrogen (secondary N) is 1. The second kappa shape index (κ2) is 8.12. The largest absolute Gasteiger partial charge is 0.461 e. The van der Waals surface area contributed by atoms with Gasteiger partial charge in [-0.1, -0.05) is 6.07 Å². The molecule has 1 aliphatic heterocycles. The van der Waals surface area contributed by atoms with Crippen LogP contribution in [0.1, 0.15) is 38.6 Å². The maximum absolute atomic E-state index is 14.6. The van der Waals surface area contributed by atoms with Crippen LogP contribution in [0.3, 0.4) is 0 Å². The molecule has 0 atom stereocenters. The Labute approximate surface area is 187 Å². The number of furan rings is 1. The van der Waals surface area contributed by atoms with E-state index in [-0.39, 0.29) is 17.7 Å². The number of fused-ring (bicyclic) bond motifs is 1. The summed E-state index contributed by atoms with van der Waals surface area (Å²) in [6.07, 6.45) is 1.93. The van der Waals surface area contributed by atoms with Gasteiger partial charge in [0, 0.05) is 25.1 Å². The molecule has 0 unspecified atom stereocenters. The Bertz CT molecular complexity index is 1410. The molecular formula is C23H21FN6O3. The molecule has 10 heteroatoms. The van der Waals surface area contributed by atoms with Crippen molar-refractivity contribution in [3.8, 4) is 11.6 Å². The first-order valence-electron chi connectivity index (χ1n) is 10.5. The zero-order chi connectivity index (χ0) is 23.1. The summed E-state index contributed by atoms with van der Waals surface area (Å²) >= 11 is 0. The fraction of sp³-hybridized carbons (Fsp3) is 0.261. The van der Waals surface area contributed by atoms with Gasteiger partial charge in [0.05, 0.1) is 24.1 Å². The van der Waals surface area contributed by atoms with E-state index in [2.05, 4.69) is 20.4 Å². The van der Waals surface area contributed by atoms with Gasteiger partial charge in [-0.25, -0.2) is 9.49 Å². The van der Waals surface area contributed by atoms with Gasteiger partial charge in [0.15, 0.2) is 17.4 Å². The zero-order valence-electron chi connectivity index (χ0n) is 18.1. The predicted molar refractivity (Wildman–Crippen MR) is 116 cm³/mol. The Morgan fingerprint density at radius 3 is 2.82 bits per heavy atom. The molecule has 1 aromatic carbocycles. The second-order valence-corrected chi connectivity index (χ2v) is 8.04. The van der Waals surface area contributed by atoms with Crippen LogP contribution >= 0.6 is 0 Å². The van der Waals surface area contributed by atoms with Crippen molar-refractivity contribution in [1.82, 2.24) is 29.9 Å². The number of rotatable bonds is 4. The lowest BCUT2D eigenvalue weighted by Gasteiger charge is -2.28. The van der Waals surface area contributed by atoms with Gasteiger partial charge in [0.2, 0.25) is 0 Å². The van der Waals surface area contributed by atoms with Crippen molar-refractivity contribution in [2.75, 3.05) is 6.54 Å². The van der Waals surface area contributed by atoms with Crippen molar-refractivity contribution < 1.29 is 13.6 Å². The Morgan fingerprint density at radius 1 is 1.18 bits per heavy atom. The van der Waals surface area contributed by atoms with Gasteiger partial charge in [0.1, 0.15) is 5.82 Å². The van der Waals surface area contributed by atoms with Crippen molar-refractivity contribution in [1.29, 1.82) is 0 Å². The first-order chi connectivity index (χ1) is 15.9. The number of carbonyl (C=O) groups is 1. The number of H-pyrrole nitrogens is 1. The fourth-order valence-electron chi connectivity index (χ4n) is 3.97. The normalized spacial score (nSPS) is 13.2. The molecule has 0 saturated heterocycles. The third kappa shape index (κ3) is 3.73. The lowest BCUT2D eigenvalue weighted by Crippen LogP contribution is -2.39. The molecule has 1 aliphatic rings. The third-order valence-electron chi connectivity index (χ3n) is 6.04. The molecule has 1 amide bonds. The van der Waals surface area contributed by atoms with E-state index in [1.807, 2.05) is 11.5 Å². The highest BCUT2D eigenvalue weighted by atomic mass is 19.1. The third-order valence-corrected chi connectivity index (χ3v) is 6.04. The molecule has 3 aromatic heterocycles. The fourth-order valence-corrected chi connectivity index (χ4v) is 3.97. The molecule has 0 bridgehead atoms. The average molecular weight is 448 g/mol. The summed E-state index contributed by atoms with van der Waals surface area (Å²) < 4.78 is 22.0. The van der Waals surface area contributed by atoms with Crippen LogP contribution in [0.25, 0.3) is 11.6 Å². The highest BCUT2D eigenvalue weighted by molar-refractivity contribution is 5.94. The van der Waals surface area contributed by atoms with Crippen LogP contribution in [0, 0.1) is 19.7 Å². The Kier molecular flexibility index (Phi) is 5.12. The minimum atomic E-state index is -0.589. The van der Waals surface area contributed by atoms with Gasteiger partial charge in [-0.15, -0.1) is 10.2 Å². The highest BCUT2D eigenvalue weighted by Gasteiger charge is 2.28. The predicted octanol–water partition coefficient (Wildman–Crippen LogP) is 2.62. The number of nitrogens with zero attached hydrogens (tertiary/aromatic N) is 5. The number of aromatic amines is 1. The van der Waals surface area contributed by atoms with E-state index >= 15 is 0 Å². The van der Waals surface area contributed by atoms with Gasteiger partial charge in [-0.05, 0) is 49.2 Å². The zero-order valence-corrected chi connectivity index (χ0v) is 18.1. The molecule has 1 N–H and O–H groups in total. The van der Waals surface area contributed by atoms with E-state index in [4.69, 9.17) is 4.42 Å². The van der Waals surface area contributed by atoms with Gasteiger partial charge in [0.25, 0.3) is 11.5 Å². The molecule has 0 saturated carbocycles. The van der Waals surface area contributed by atoms with Crippen LogP contribution in [-0.4, -0.2) is 42.3 Å². The summed E-state index contributed by atoms with van der Waals surface area (Å²) in [5.74, 6) is 0.823. The quantitative estimate of drug-likeness (QED) is 0.514. The lowest BCUT2D eigenvalue weighted by molar-refractivity contribution is 0.0703. The SMILES string of the molecule is Cc1c(Cc2ccc(F)c(C(=O)N3CCn4c(nnc4-c4ccco4)C3)c2)n[nH]c(=O)c1C. The van der Waals surface area contributed by atoms with E-state index < -0.39 is 11.7 Å². The second-order valence-electron chi connectivity index (χ2n) is 8.04. The van der Waals surface area contributed by atoms with E-state index in [0.717, 1.165) is 11.1 Å². The molecule has 0 radical (unpaired) electrons. The van der Waals surface area contributed by atoms with Crippen molar-refractivity contribution in [2.45, 2.75) is 33.4 Å². The summed E-state index contributed by atoms with van der Waals surface area (Å²) in [4.78, 5) is 26.5. The molecule has 0 fully saturated rings. The van der Waals surface area contributed by atoms with Gasteiger partial charge >= 0.3 is 0 Å². The first kappa shape index (κ1) is 20.8. The van der Waals surface area contributed by atoms with Crippen molar-refractivity contribution in [2.24, 2.45) is 0 Å². The van der Waals surface area contributed by atoms with Crippen LogP contribution in [0.15, 0.2) is 45.8 Å². The van der Waals surface area contributed by atoms with E-state index in [0.29, 0.717) is 48.2 Å². The van der Waals surface area contributed by atoms with E-state index in [1.54, 1.807) is 42.4 Å². The van der Waals surface area contributed by atoms with E-state index in [9.17, 15) is 14.0 Å². The molecule has 9 nitrogen and oxygen atoms in total. The van der Waals surface area contributed by atoms with Crippen LogP contribution < -0.4 is 5.56 Å². The maximum atomic E-state index is 14.6. The van der Waals surface area contributed by atoms with E-state index in [1.165, 1.54) is 6.07 Å². The number of hydrogen-bond acceptors (Lipinski definition) is 6. The van der Waals surface area contributed by atoms with Gasteiger partial charge in [-0.3, -0.25) is 9.59 Å². The molecule has 0 aliphatic carbocycles. The molecule has 168 valence electrons. The molecule has 5 rings (SSSR count). The van der Waals surface area contributed by atoms with Crippen LogP contribution in [0.2, 0.25) is 0 Å². The van der Waals surface area contributed by atoms with Crippen molar-refractivity contribution >= 4 is 5.91 Å². The standard InChI is InChI=1S/C23H21FN6O3/c1-13-14(2)22(31)28-25-18(13)11-15-5-6-17(24)16(10-15)23(32)29-7-8-30-20(12-29)26-27-21(30)19-4-3-9-33-19/h3-6,9-10H,7-8,11-12H2,1-2H3,(H,28,31). The summed E-state index contributed by atoms with van der Waals surface area (Å²) in [5, 5.41) is 15.0. The molecule has 33 heavy (non-hydrogen) atoms. The Hall–Kier alpha value is -4.08. The summed E-state index contributed by atoms with van der Waals surface area (Å²) in [6, 6.07) is 8.04. The smallest absolute Gasteiger partial charge is 0.267 e. The molecule has 0 spiro atoms. The number of hydrogen-bond donors (Lipinski definition) is 1. The molecular weight excluding hydrogens is 427 g/mol. The number of aromatic nitrogens is 5. The Balaban J connectivity index is 1.38. The minimum Gasteiger partial charge on any atom is -0.461 e. The lowest BCUT2D eigenvalue weighted by atomic mass is 10.0. The number of benzene rings is 1. The maximum Gasteiger partial charge on any atom is 0.267 e. The summed E-state index contributed by atoms with van der Waals surface area (Å²) in [5.41, 5.74) is 2.52. The van der Waals surface area contributed by atoms with Gasteiger partial charge in [-0.2, -0.15) is 5.10 Å². The average Bonchev–Trinajstić information content (AvgIpc) is 3.49. The van der Waals surface area contributed by atoms with Crippen LogP contribution in [-0.2, 0) is 19.5 Å². The number of amides is 1. The van der Waals surface area contributed by atoms with Crippen molar-refractivity contribution in [3.63, 3.8) is 0 Å². The van der Waals surface area contributed by atoms with Gasteiger partial charge < -0.3 is 13.9 Å². The number of halogens is 1. The minimum absolute atomic E-state index is 0.00878. The number of carbonyl (C=O) groups excluding carboxylic acids is 1. The summed E-state index contributed by atoms with van der Waals surface area (Å²) in [6.45, 7) is 4.64.